The normalized spacial score (nSPS) is 14.6. The van der Waals surface area contributed by atoms with E-state index in [1.807, 2.05) is 99.6 Å². The second-order valence-electron chi connectivity index (χ2n) is 8.98. The van der Waals surface area contributed by atoms with E-state index in [1.165, 1.54) is 11.8 Å². The van der Waals surface area contributed by atoms with Gasteiger partial charge in [0.15, 0.2) is 5.78 Å². The van der Waals surface area contributed by atoms with Crippen molar-refractivity contribution in [2.24, 2.45) is 0 Å². The molecule has 0 saturated heterocycles. The molecule has 3 aromatic carbocycles. The zero-order valence-corrected chi connectivity index (χ0v) is 21.7. The SMILES string of the molecule is CC1=C(C(=O)Nc2ccccc2)[C@H](c2ccccc2C)n2nc(SCC(=O)c3ccc(C)cc3)nc2N1. The van der Waals surface area contributed by atoms with E-state index >= 15 is 0 Å². The molecule has 2 N–H and O–H groups in total. The Balaban J connectivity index is 1.46. The van der Waals surface area contributed by atoms with Crippen LogP contribution >= 0.6 is 11.8 Å². The first-order valence-corrected chi connectivity index (χ1v) is 13.0. The third-order valence-corrected chi connectivity index (χ3v) is 7.14. The number of benzene rings is 3. The van der Waals surface area contributed by atoms with Gasteiger partial charge in [0, 0.05) is 16.9 Å². The minimum atomic E-state index is -0.476. The van der Waals surface area contributed by atoms with Gasteiger partial charge in [-0.05, 0) is 44.0 Å². The largest absolute Gasteiger partial charge is 0.328 e. The van der Waals surface area contributed by atoms with Crippen LogP contribution in [0.2, 0.25) is 0 Å². The third kappa shape index (κ3) is 5.20. The molecule has 0 bridgehead atoms. The lowest BCUT2D eigenvalue weighted by atomic mass is 9.92. The number of aromatic nitrogens is 3. The first kappa shape index (κ1) is 24.5. The number of para-hydroxylation sites is 1. The van der Waals surface area contributed by atoms with Crippen molar-refractivity contribution in [2.75, 3.05) is 16.4 Å². The summed E-state index contributed by atoms with van der Waals surface area (Å²) in [6, 6.07) is 24.4. The second-order valence-corrected chi connectivity index (χ2v) is 9.93. The van der Waals surface area contributed by atoms with Crippen molar-refractivity contribution in [2.45, 2.75) is 32.0 Å². The molecule has 1 amide bonds. The van der Waals surface area contributed by atoms with Gasteiger partial charge in [0.05, 0.1) is 11.3 Å². The van der Waals surface area contributed by atoms with Crippen molar-refractivity contribution < 1.29 is 9.59 Å². The van der Waals surface area contributed by atoms with Gasteiger partial charge in [0.1, 0.15) is 6.04 Å². The third-order valence-electron chi connectivity index (χ3n) is 6.30. The number of Topliss-reactive ketones (excluding diaryl/α,β-unsaturated/α-hetero) is 1. The van der Waals surface area contributed by atoms with E-state index < -0.39 is 6.04 Å². The average molecular weight is 510 g/mol. The number of hydrogen-bond donors (Lipinski definition) is 2. The van der Waals surface area contributed by atoms with E-state index in [9.17, 15) is 9.59 Å². The van der Waals surface area contributed by atoms with Crippen LogP contribution in [-0.4, -0.2) is 32.2 Å². The second kappa shape index (κ2) is 10.4. The molecule has 186 valence electrons. The maximum Gasteiger partial charge on any atom is 0.255 e. The van der Waals surface area contributed by atoms with Crippen LogP contribution in [-0.2, 0) is 4.79 Å². The zero-order valence-electron chi connectivity index (χ0n) is 20.9. The fraction of sp³-hybridized carbons (Fsp3) is 0.172. The lowest BCUT2D eigenvalue weighted by molar-refractivity contribution is -0.113. The van der Waals surface area contributed by atoms with Crippen LogP contribution in [0.4, 0.5) is 11.6 Å². The quantitative estimate of drug-likeness (QED) is 0.242. The highest BCUT2D eigenvalue weighted by molar-refractivity contribution is 7.99. The van der Waals surface area contributed by atoms with E-state index in [1.54, 1.807) is 4.68 Å². The Labute approximate surface area is 220 Å². The molecule has 1 aliphatic heterocycles. The zero-order chi connectivity index (χ0) is 25.9. The van der Waals surface area contributed by atoms with Crippen molar-refractivity contribution in [3.05, 3.63) is 112 Å². The molecule has 0 radical (unpaired) electrons. The Bertz CT molecular complexity index is 1490. The molecule has 7 nitrogen and oxygen atoms in total. The predicted octanol–water partition coefficient (Wildman–Crippen LogP) is 5.80. The number of nitrogens with zero attached hydrogens (tertiary/aromatic N) is 3. The smallest absolute Gasteiger partial charge is 0.255 e. The van der Waals surface area contributed by atoms with Crippen molar-refractivity contribution in [3.63, 3.8) is 0 Å². The van der Waals surface area contributed by atoms with Crippen molar-refractivity contribution in [1.82, 2.24) is 14.8 Å². The van der Waals surface area contributed by atoms with E-state index in [4.69, 9.17) is 5.10 Å². The molecule has 0 aliphatic carbocycles. The summed E-state index contributed by atoms with van der Waals surface area (Å²) in [6.07, 6.45) is 0. The first-order chi connectivity index (χ1) is 17.9. The Kier molecular flexibility index (Phi) is 6.92. The molecule has 0 fully saturated rings. The summed E-state index contributed by atoms with van der Waals surface area (Å²) in [4.78, 5) is 30.9. The van der Waals surface area contributed by atoms with Gasteiger partial charge in [0.25, 0.3) is 5.91 Å². The molecular weight excluding hydrogens is 482 g/mol. The summed E-state index contributed by atoms with van der Waals surface area (Å²) in [5.74, 6) is 0.551. The van der Waals surface area contributed by atoms with E-state index in [2.05, 4.69) is 15.6 Å². The number of anilines is 2. The number of thioether (sulfide) groups is 1. The predicted molar refractivity (Wildman–Crippen MR) is 147 cm³/mol. The maximum atomic E-state index is 13.6. The van der Waals surface area contributed by atoms with Crippen molar-refractivity contribution in [3.8, 4) is 0 Å². The highest BCUT2D eigenvalue weighted by Crippen LogP contribution is 2.38. The number of hydrogen-bond acceptors (Lipinski definition) is 6. The maximum absolute atomic E-state index is 13.6. The molecule has 1 aromatic heterocycles. The van der Waals surface area contributed by atoms with Gasteiger partial charge >= 0.3 is 0 Å². The van der Waals surface area contributed by atoms with Gasteiger partial charge in [-0.15, -0.1) is 5.10 Å². The van der Waals surface area contributed by atoms with Crippen molar-refractivity contribution in [1.29, 1.82) is 0 Å². The van der Waals surface area contributed by atoms with E-state index in [-0.39, 0.29) is 17.4 Å². The van der Waals surface area contributed by atoms with Crippen LogP contribution in [0, 0.1) is 13.8 Å². The molecule has 0 saturated carbocycles. The highest BCUT2D eigenvalue weighted by Gasteiger charge is 2.35. The van der Waals surface area contributed by atoms with Gasteiger partial charge in [-0.25, -0.2) is 4.68 Å². The number of rotatable bonds is 7. The number of amides is 1. The molecule has 37 heavy (non-hydrogen) atoms. The molecule has 2 heterocycles. The summed E-state index contributed by atoms with van der Waals surface area (Å²) in [5, 5.41) is 11.5. The minimum Gasteiger partial charge on any atom is -0.328 e. The monoisotopic (exact) mass is 509 g/mol. The number of aryl methyl sites for hydroxylation is 2. The molecule has 0 spiro atoms. The summed E-state index contributed by atoms with van der Waals surface area (Å²) in [7, 11) is 0. The summed E-state index contributed by atoms with van der Waals surface area (Å²) >= 11 is 1.28. The number of fused-ring (bicyclic) bond motifs is 1. The molecular formula is C29H27N5O2S. The van der Waals surface area contributed by atoms with E-state index in [0.29, 0.717) is 33.6 Å². The van der Waals surface area contributed by atoms with Crippen LogP contribution in [0.3, 0.4) is 0 Å². The first-order valence-electron chi connectivity index (χ1n) is 12.0. The lowest BCUT2D eigenvalue weighted by Crippen LogP contribution is -2.31. The number of ketones is 1. The van der Waals surface area contributed by atoms with Crippen LogP contribution in [0.15, 0.2) is 95.3 Å². The lowest BCUT2D eigenvalue weighted by Gasteiger charge is -2.29. The van der Waals surface area contributed by atoms with Crippen LogP contribution in [0.1, 0.15) is 40.0 Å². The highest BCUT2D eigenvalue weighted by atomic mass is 32.2. The van der Waals surface area contributed by atoms with Crippen LogP contribution < -0.4 is 10.6 Å². The molecule has 4 aromatic rings. The summed E-state index contributed by atoms with van der Waals surface area (Å²) in [5.41, 5.74) is 5.74. The van der Waals surface area contributed by atoms with Gasteiger partial charge < -0.3 is 10.6 Å². The Morgan fingerprint density at radius 2 is 1.65 bits per heavy atom. The molecule has 5 rings (SSSR count). The number of allylic oxidation sites excluding steroid dienone is 1. The molecule has 1 atom stereocenters. The summed E-state index contributed by atoms with van der Waals surface area (Å²) < 4.78 is 1.74. The van der Waals surface area contributed by atoms with Crippen LogP contribution in [0.5, 0.6) is 0 Å². The number of carbonyl (C=O) groups excluding carboxylic acids is 2. The topological polar surface area (TPSA) is 88.9 Å². The van der Waals surface area contributed by atoms with Gasteiger partial charge in [-0.1, -0.05) is 84.1 Å². The number of nitrogens with one attached hydrogen (secondary N) is 2. The Morgan fingerprint density at radius 3 is 2.38 bits per heavy atom. The Hall–Kier alpha value is -4.17. The van der Waals surface area contributed by atoms with Gasteiger partial charge in [-0.2, -0.15) is 4.98 Å². The molecule has 1 aliphatic rings. The molecule has 8 heteroatoms. The summed E-state index contributed by atoms with van der Waals surface area (Å²) in [6.45, 7) is 5.88. The van der Waals surface area contributed by atoms with Crippen LogP contribution in [0.25, 0.3) is 0 Å². The standard InChI is InChI=1S/C29H27N5O2S/c1-18-13-15-21(16-14-18)24(35)17-37-29-32-28-30-20(3)25(27(36)31-22-10-5-4-6-11-22)26(34(28)33-29)23-12-8-7-9-19(23)2/h4-16,26H,17H2,1-3H3,(H,31,36)(H,30,32,33)/t26-/m0/s1. The number of carbonyl (C=O) groups is 2. The van der Waals surface area contributed by atoms with Crippen molar-refractivity contribution >= 4 is 35.1 Å². The van der Waals surface area contributed by atoms with Gasteiger partial charge in [-0.3, -0.25) is 9.59 Å². The fourth-order valence-corrected chi connectivity index (χ4v) is 5.06. The average Bonchev–Trinajstić information content (AvgIpc) is 3.30. The fourth-order valence-electron chi connectivity index (χ4n) is 4.34. The van der Waals surface area contributed by atoms with Gasteiger partial charge in [0.2, 0.25) is 11.1 Å². The Morgan fingerprint density at radius 1 is 0.946 bits per heavy atom. The van der Waals surface area contributed by atoms with E-state index in [0.717, 1.165) is 16.7 Å². The molecule has 0 unspecified atom stereocenters. The minimum absolute atomic E-state index is 0.0124.